The van der Waals surface area contributed by atoms with Crippen LogP contribution >= 0.6 is 15.9 Å². The Morgan fingerprint density at radius 2 is 1.90 bits per heavy atom. The molecule has 2 aromatic carbocycles. The SMILES string of the molecule is Nc1cc(F)c(Nc2ccc(Br)c(F)c2)cc1C(=O)O. The Morgan fingerprint density at radius 1 is 1.20 bits per heavy atom. The number of anilines is 3. The Labute approximate surface area is 121 Å². The van der Waals surface area contributed by atoms with E-state index in [1.165, 1.54) is 12.1 Å². The monoisotopic (exact) mass is 342 g/mol. The van der Waals surface area contributed by atoms with Crippen molar-refractivity contribution in [1.29, 1.82) is 0 Å². The minimum Gasteiger partial charge on any atom is -0.478 e. The molecule has 0 fully saturated rings. The summed E-state index contributed by atoms with van der Waals surface area (Å²) in [4.78, 5) is 10.9. The molecule has 2 aromatic rings. The van der Waals surface area contributed by atoms with Gasteiger partial charge in [0.05, 0.1) is 15.7 Å². The van der Waals surface area contributed by atoms with Crippen LogP contribution in [0.4, 0.5) is 25.8 Å². The predicted octanol–water partition coefficient (Wildman–Crippen LogP) is 3.75. The van der Waals surface area contributed by atoms with E-state index in [1.807, 2.05) is 0 Å². The van der Waals surface area contributed by atoms with Crippen LogP contribution in [0.5, 0.6) is 0 Å². The number of carboxylic acids is 1. The van der Waals surface area contributed by atoms with Crippen molar-refractivity contribution < 1.29 is 18.7 Å². The minimum atomic E-state index is -1.27. The molecule has 0 aliphatic rings. The van der Waals surface area contributed by atoms with Crippen molar-refractivity contribution in [2.45, 2.75) is 0 Å². The molecule has 4 N–H and O–H groups in total. The van der Waals surface area contributed by atoms with E-state index in [1.54, 1.807) is 0 Å². The Kier molecular flexibility index (Phi) is 3.89. The van der Waals surface area contributed by atoms with E-state index < -0.39 is 17.6 Å². The number of carboxylic acid groups (broad SMARTS) is 1. The van der Waals surface area contributed by atoms with Crippen LogP contribution in [0.25, 0.3) is 0 Å². The Balaban J connectivity index is 2.40. The summed E-state index contributed by atoms with van der Waals surface area (Å²) >= 11 is 3.00. The summed E-state index contributed by atoms with van der Waals surface area (Å²) in [5.74, 6) is -2.52. The summed E-state index contributed by atoms with van der Waals surface area (Å²) in [5, 5.41) is 11.5. The molecular formula is C13H9BrF2N2O2. The normalized spacial score (nSPS) is 10.3. The number of aromatic carboxylic acids is 1. The number of halogens is 3. The highest BCUT2D eigenvalue weighted by atomic mass is 79.9. The van der Waals surface area contributed by atoms with Gasteiger partial charge in [0.25, 0.3) is 0 Å². The molecule has 4 nitrogen and oxygen atoms in total. The van der Waals surface area contributed by atoms with E-state index in [2.05, 4.69) is 21.2 Å². The highest BCUT2D eigenvalue weighted by Crippen LogP contribution is 2.27. The number of nitrogens with two attached hydrogens (primary N) is 1. The van der Waals surface area contributed by atoms with Gasteiger partial charge in [-0.05, 0) is 46.3 Å². The lowest BCUT2D eigenvalue weighted by Crippen LogP contribution is -2.05. The molecule has 0 aliphatic heterocycles. The van der Waals surface area contributed by atoms with Crippen LogP contribution < -0.4 is 11.1 Å². The summed E-state index contributed by atoms with van der Waals surface area (Å²) < 4.78 is 27.4. The molecule has 0 radical (unpaired) electrons. The maximum Gasteiger partial charge on any atom is 0.337 e. The molecule has 104 valence electrons. The number of nitrogen functional groups attached to an aromatic ring is 1. The average molecular weight is 343 g/mol. The van der Waals surface area contributed by atoms with Crippen LogP contribution in [-0.4, -0.2) is 11.1 Å². The summed E-state index contributed by atoms with van der Waals surface area (Å²) in [6.45, 7) is 0. The molecule has 0 aliphatic carbocycles. The van der Waals surface area contributed by atoms with Crippen LogP contribution in [-0.2, 0) is 0 Å². The van der Waals surface area contributed by atoms with Crippen LogP contribution in [0.15, 0.2) is 34.8 Å². The lowest BCUT2D eigenvalue weighted by Gasteiger charge is -2.10. The smallest absolute Gasteiger partial charge is 0.337 e. The van der Waals surface area contributed by atoms with Gasteiger partial charge in [-0.3, -0.25) is 0 Å². The molecule has 2 rings (SSSR count). The number of hydrogen-bond acceptors (Lipinski definition) is 3. The summed E-state index contributed by atoms with van der Waals surface area (Å²) in [7, 11) is 0. The van der Waals surface area contributed by atoms with E-state index in [0.717, 1.165) is 18.2 Å². The first-order valence-corrected chi connectivity index (χ1v) is 6.22. The molecule has 0 unspecified atom stereocenters. The third kappa shape index (κ3) is 2.88. The van der Waals surface area contributed by atoms with Gasteiger partial charge in [0.1, 0.15) is 11.6 Å². The molecule has 0 saturated heterocycles. The van der Waals surface area contributed by atoms with Gasteiger partial charge < -0.3 is 16.2 Å². The minimum absolute atomic E-state index is 0.0988. The molecule has 0 amide bonds. The number of nitrogens with one attached hydrogen (secondary N) is 1. The standard InChI is InChI=1S/C13H9BrF2N2O2/c14-8-2-1-6(3-9(8)15)18-12-4-7(13(19)20)11(17)5-10(12)16/h1-5,18H,17H2,(H,19,20). The zero-order chi connectivity index (χ0) is 14.9. The van der Waals surface area contributed by atoms with E-state index in [-0.39, 0.29) is 27.1 Å². The van der Waals surface area contributed by atoms with Crippen LogP contribution in [0.3, 0.4) is 0 Å². The summed E-state index contributed by atoms with van der Waals surface area (Å²) in [6.07, 6.45) is 0. The molecule has 0 spiro atoms. The van der Waals surface area contributed by atoms with Gasteiger partial charge in [0.15, 0.2) is 0 Å². The highest BCUT2D eigenvalue weighted by molar-refractivity contribution is 9.10. The average Bonchev–Trinajstić information content (AvgIpc) is 2.36. The van der Waals surface area contributed by atoms with Gasteiger partial charge in [0.2, 0.25) is 0 Å². The second-order valence-corrected chi connectivity index (χ2v) is 4.83. The molecule has 20 heavy (non-hydrogen) atoms. The first-order valence-electron chi connectivity index (χ1n) is 5.43. The van der Waals surface area contributed by atoms with Crippen molar-refractivity contribution in [1.82, 2.24) is 0 Å². The predicted molar refractivity (Wildman–Crippen MR) is 75.2 cm³/mol. The second-order valence-electron chi connectivity index (χ2n) is 3.98. The molecular weight excluding hydrogens is 334 g/mol. The second kappa shape index (κ2) is 5.46. The maximum absolute atomic E-state index is 13.7. The lowest BCUT2D eigenvalue weighted by molar-refractivity contribution is 0.0698. The number of rotatable bonds is 3. The van der Waals surface area contributed by atoms with E-state index in [9.17, 15) is 13.6 Å². The Morgan fingerprint density at radius 3 is 2.50 bits per heavy atom. The van der Waals surface area contributed by atoms with Gasteiger partial charge in [0, 0.05) is 11.4 Å². The van der Waals surface area contributed by atoms with E-state index in [4.69, 9.17) is 10.8 Å². The number of hydrogen-bond donors (Lipinski definition) is 3. The first-order chi connectivity index (χ1) is 9.38. The van der Waals surface area contributed by atoms with Crippen molar-refractivity contribution >= 4 is 39.0 Å². The third-order valence-corrected chi connectivity index (χ3v) is 3.21. The van der Waals surface area contributed by atoms with Crippen molar-refractivity contribution in [3.63, 3.8) is 0 Å². The maximum atomic E-state index is 13.7. The van der Waals surface area contributed by atoms with Gasteiger partial charge in [-0.15, -0.1) is 0 Å². The van der Waals surface area contributed by atoms with Gasteiger partial charge in [-0.1, -0.05) is 0 Å². The Bertz CT molecular complexity index is 692. The van der Waals surface area contributed by atoms with Crippen LogP contribution in [0.1, 0.15) is 10.4 Å². The van der Waals surface area contributed by atoms with E-state index >= 15 is 0 Å². The highest BCUT2D eigenvalue weighted by Gasteiger charge is 2.13. The van der Waals surface area contributed by atoms with Crippen LogP contribution in [0, 0.1) is 11.6 Å². The van der Waals surface area contributed by atoms with Crippen LogP contribution in [0.2, 0.25) is 0 Å². The fourth-order valence-electron chi connectivity index (χ4n) is 1.60. The van der Waals surface area contributed by atoms with E-state index in [0.29, 0.717) is 0 Å². The van der Waals surface area contributed by atoms with Crippen molar-refractivity contribution in [3.05, 3.63) is 52.0 Å². The Hall–Kier alpha value is -2.15. The molecule has 7 heteroatoms. The molecule has 0 atom stereocenters. The quantitative estimate of drug-likeness (QED) is 0.742. The fraction of sp³-hybridized carbons (Fsp3) is 0. The summed E-state index contributed by atoms with van der Waals surface area (Å²) in [6, 6.07) is 6.09. The zero-order valence-electron chi connectivity index (χ0n) is 9.95. The number of carbonyl (C=O) groups is 1. The van der Waals surface area contributed by atoms with Crippen molar-refractivity contribution in [2.75, 3.05) is 11.1 Å². The largest absolute Gasteiger partial charge is 0.478 e. The van der Waals surface area contributed by atoms with Gasteiger partial charge in [-0.2, -0.15) is 0 Å². The molecule has 0 aromatic heterocycles. The van der Waals surface area contributed by atoms with Crippen molar-refractivity contribution in [3.8, 4) is 0 Å². The third-order valence-electron chi connectivity index (χ3n) is 2.57. The lowest BCUT2D eigenvalue weighted by atomic mass is 10.1. The van der Waals surface area contributed by atoms with Crippen molar-refractivity contribution in [2.24, 2.45) is 0 Å². The van der Waals surface area contributed by atoms with Gasteiger partial charge in [-0.25, -0.2) is 13.6 Å². The van der Waals surface area contributed by atoms with Gasteiger partial charge >= 0.3 is 5.97 Å². The fourth-order valence-corrected chi connectivity index (χ4v) is 1.85. The summed E-state index contributed by atoms with van der Waals surface area (Å²) in [5.41, 5.74) is 5.19. The first kappa shape index (κ1) is 14.3. The molecule has 0 heterocycles. The molecule has 0 saturated carbocycles. The number of benzene rings is 2. The molecule has 0 bridgehead atoms. The topological polar surface area (TPSA) is 75.3 Å². The zero-order valence-corrected chi connectivity index (χ0v) is 11.5.